The predicted molar refractivity (Wildman–Crippen MR) is 95.0 cm³/mol. The monoisotopic (exact) mass is 346 g/mol. The molecule has 4 heterocycles. The zero-order valence-corrected chi connectivity index (χ0v) is 15.0. The number of amides is 2. The van der Waals surface area contributed by atoms with E-state index in [9.17, 15) is 4.79 Å². The van der Waals surface area contributed by atoms with Crippen molar-refractivity contribution in [1.29, 1.82) is 0 Å². The van der Waals surface area contributed by atoms with Crippen molar-refractivity contribution in [2.24, 2.45) is 0 Å². The van der Waals surface area contributed by atoms with Crippen LogP contribution in [0.2, 0.25) is 0 Å². The Labute approximate surface area is 148 Å². The highest BCUT2D eigenvalue weighted by atomic mass is 16.5. The molecule has 0 spiro atoms. The van der Waals surface area contributed by atoms with Gasteiger partial charge in [0.15, 0.2) is 0 Å². The van der Waals surface area contributed by atoms with Crippen molar-refractivity contribution in [3.63, 3.8) is 0 Å². The second-order valence-electron chi connectivity index (χ2n) is 7.16. The number of likely N-dealkylation sites (tertiary alicyclic amines) is 2. The van der Waals surface area contributed by atoms with Crippen molar-refractivity contribution in [3.8, 4) is 0 Å². The molecular formula is C17H26N6O2. The first-order chi connectivity index (χ1) is 12.1. The molecule has 0 radical (unpaired) electrons. The third-order valence-corrected chi connectivity index (χ3v) is 5.27. The fourth-order valence-corrected chi connectivity index (χ4v) is 3.95. The number of hydrogen-bond acceptors (Lipinski definition) is 6. The lowest BCUT2D eigenvalue weighted by atomic mass is 10.1. The summed E-state index contributed by atoms with van der Waals surface area (Å²) in [6.07, 6.45) is 4.08. The average Bonchev–Trinajstić information content (AvgIpc) is 3.30. The highest BCUT2D eigenvalue weighted by Gasteiger charge is 2.43. The van der Waals surface area contributed by atoms with Gasteiger partial charge in [0.1, 0.15) is 5.82 Å². The smallest absolute Gasteiger partial charge is 0.320 e. The van der Waals surface area contributed by atoms with Crippen molar-refractivity contribution in [2.75, 3.05) is 63.2 Å². The number of rotatable bonds is 2. The number of urea groups is 1. The maximum atomic E-state index is 12.7. The highest BCUT2D eigenvalue weighted by Crippen LogP contribution is 2.28. The van der Waals surface area contributed by atoms with Gasteiger partial charge in [-0.05, 0) is 18.9 Å². The average molecular weight is 346 g/mol. The Morgan fingerprint density at radius 3 is 2.76 bits per heavy atom. The Balaban J connectivity index is 1.51. The second-order valence-corrected chi connectivity index (χ2v) is 7.16. The third kappa shape index (κ3) is 3.10. The molecule has 3 aliphatic heterocycles. The van der Waals surface area contributed by atoms with E-state index < -0.39 is 0 Å². The van der Waals surface area contributed by atoms with Gasteiger partial charge in [-0.15, -0.1) is 0 Å². The van der Waals surface area contributed by atoms with Crippen LogP contribution in [0, 0.1) is 0 Å². The van der Waals surface area contributed by atoms with Crippen molar-refractivity contribution >= 4 is 17.8 Å². The quantitative estimate of drug-likeness (QED) is 0.783. The van der Waals surface area contributed by atoms with Crippen LogP contribution in [0.5, 0.6) is 0 Å². The molecular weight excluding hydrogens is 320 g/mol. The topological polar surface area (TPSA) is 65.0 Å². The van der Waals surface area contributed by atoms with Crippen LogP contribution in [0.3, 0.4) is 0 Å². The van der Waals surface area contributed by atoms with Crippen LogP contribution in [0.15, 0.2) is 12.3 Å². The molecule has 4 rings (SSSR count). The van der Waals surface area contributed by atoms with Gasteiger partial charge in [0.2, 0.25) is 5.95 Å². The van der Waals surface area contributed by atoms with Gasteiger partial charge in [-0.1, -0.05) is 0 Å². The first-order valence-electron chi connectivity index (χ1n) is 9.06. The van der Waals surface area contributed by atoms with Crippen molar-refractivity contribution in [3.05, 3.63) is 12.3 Å². The van der Waals surface area contributed by atoms with Gasteiger partial charge >= 0.3 is 6.03 Å². The Bertz CT molecular complexity index is 633. The molecule has 0 N–H and O–H groups in total. The number of carbonyl (C=O) groups is 1. The molecule has 1 aromatic rings. The lowest BCUT2D eigenvalue weighted by Gasteiger charge is -2.37. The van der Waals surface area contributed by atoms with E-state index in [1.54, 1.807) is 6.20 Å². The fraction of sp³-hybridized carbons (Fsp3) is 0.706. The summed E-state index contributed by atoms with van der Waals surface area (Å²) >= 11 is 0. The normalized spacial score (nSPS) is 26.1. The van der Waals surface area contributed by atoms with Gasteiger partial charge < -0.3 is 24.3 Å². The van der Waals surface area contributed by atoms with Crippen molar-refractivity contribution < 1.29 is 9.53 Å². The molecule has 0 bridgehead atoms. The summed E-state index contributed by atoms with van der Waals surface area (Å²) in [5.41, 5.74) is 0. The van der Waals surface area contributed by atoms with Gasteiger partial charge in [-0.3, -0.25) is 0 Å². The van der Waals surface area contributed by atoms with Crippen LogP contribution >= 0.6 is 0 Å². The van der Waals surface area contributed by atoms with E-state index in [1.165, 1.54) is 0 Å². The first kappa shape index (κ1) is 16.4. The summed E-state index contributed by atoms with van der Waals surface area (Å²) < 4.78 is 5.97. The Morgan fingerprint density at radius 2 is 2.00 bits per heavy atom. The molecule has 2 amide bonds. The van der Waals surface area contributed by atoms with E-state index in [1.807, 2.05) is 34.9 Å². The number of hydrogen-bond donors (Lipinski definition) is 0. The zero-order valence-electron chi connectivity index (χ0n) is 15.0. The number of ether oxygens (including phenoxy) is 1. The second kappa shape index (κ2) is 6.67. The predicted octanol–water partition coefficient (Wildman–Crippen LogP) is 0.648. The molecule has 8 nitrogen and oxygen atoms in total. The van der Waals surface area contributed by atoms with Gasteiger partial charge in [0, 0.05) is 46.5 Å². The Morgan fingerprint density at radius 1 is 1.20 bits per heavy atom. The lowest BCUT2D eigenvalue weighted by molar-refractivity contribution is 0.0312. The summed E-state index contributed by atoms with van der Waals surface area (Å²) in [5, 5.41) is 0. The molecule has 25 heavy (non-hydrogen) atoms. The molecule has 0 unspecified atom stereocenters. The van der Waals surface area contributed by atoms with Crippen molar-refractivity contribution in [2.45, 2.75) is 25.0 Å². The maximum absolute atomic E-state index is 12.7. The summed E-state index contributed by atoms with van der Waals surface area (Å²) in [5.74, 6) is 1.61. The first-order valence-corrected chi connectivity index (χ1v) is 9.06. The van der Waals surface area contributed by atoms with E-state index in [0.717, 1.165) is 38.3 Å². The van der Waals surface area contributed by atoms with Crippen LogP contribution in [0.25, 0.3) is 0 Å². The third-order valence-electron chi connectivity index (χ3n) is 5.27. The van der Waals surface area contributed by atoms with Crippen LogP contribution < -0.4 is 9.80 Å². The van der Waals surface area contributed by atoms with Crippen LogP contribution in [0.1, 0.15) is 12.8 Å². The van der Waals surface area contributed by atoms with Gasteiger partial charge in [-0.2, -0.15) is 4.98 Å². The summed E-state index contributed by atoms with van der Waals surface area (Å²) in [6, 6.07) is 2.26. The molecule has 3 aliphatic rings. The number of fused-ring (bicyclic) bond motifs is 1. The van der Waals surface area contributed by atoms with Crippen LogP contribution in [-0.2, 0) is 4.74 Å². The molecule has 8 heteroatoms. The van der Waals surface area contributed by atoms with E-state index in [0.29, 0.717) is 25.6 Å². The van der Waals surface area contributed by atoms with Crippen LogP contribution in [0.4, 0.5) is 16.6 Å². The lowest BCUT2D eigenvalue weighted by Crippen LogP contribution is -2.51. The molecule has 136 valence electrons. The number of anilines is 2. The number of morpholine rings is 1. The van der Waals surface area contributed by atoms with Gasteiger partial charge in [0.25, 0.3) is 0 Å². The SMILES string of the molecule is CN(C)c1nccc(N2CCO[C@@H]3CN(C(=O)N4CCCC4)C[C@@H]32)n1. The summed E-state index contributed by atoms with van der Waals surface area (Å²) in [7, 11) is 3.88. The van der Waals surface area contributed by atoms with E-state index in [-0.39, 0.29) is 18.2 Å². The van der Waals surface area contributed by atoms with Gasteiger partial charge in [0.05, 0.1) is 25.3 Å². The fourth-order valence-electron chi connectivity index (χ4n) is 3.95. The molecule has 3 saturated heterocycles. The largest absolute Gasteiger partial charge is 0.372 e. The Hall–Kier alpha value is -2.09. The molecule has 3 fully saturated rings. The number of aromatic nitrogens is 2. The molecule has 0 aliphatic carbocycles. The van der Waals surface area contributed by atoms with Gasteiger partial charge in [-0.25, -0.2) is 9.78 Å². The standard InChI is InChI=1S/C17H26N6O2/c1-20(2)16-18-6-5-15(19-16)23-9-10-25-14-12-22(11-13(14)23)17(24)21-7-3-4-8-21/h5-6,13-14H,3-4,7-12H2,1-2H3/t13-,14+/m0/s1. The molecule has 0 aromatic carbocycles. The number of carbonyl (C=O) groups excluding carboxylic acids is 1. The highest BCUT2D eigenvalue weighted by molar-refractivity contribution is 5.75. The Kier molecular flexibility index (Phi) is 4.37. The van der Waals surface area contributed by atoms with Crippen LogP contribution in [-0.4, -0.2) is 91.4 Å². The molecule has 2 atom stereocenters. The zero-order chi connectivity index (χ0) is 17.4. The minimum atomic E-state index is 0.0538. The molecule has 1 aromatic heterocycles. The van der Waals surface area contributed by atoms with E-state index in [2.05, 4.69) is 14.9 Å². The van der Waals surface area contributed by atoms with Crippen molar-refractivity contribution in [1.82, 2.24) is 19.8 Å². The maximum Gasteiger partial charge on any atom is 0.320 e. The minimum Gasteiger partial charge on any atom is -0.372 e. The number of nitrogens with zero attached hydrogens (tertiary/aromatic N) is 6. The molecule has 0 saturated carbocycles. The van der Waals surface area contributed by atoms with E-state index >= 15 is 0 Å². The minimum absolute atomic E-state index is 0.0538. The summed E-state index contributed by atoms with van der Waals surface area (Å²) in [4.78, 5) is 29.8. The summed E-state index contributed by atoms with van der Waals surface area (Å²) in [6.45, 7) is 4.58. The van der Waals surface area contributed by atoms with E-state index in [4.69, 9.17) is 4.74 Å².